The average Bonchev–Trinajstić information content (AvgIpc) is 2.99. The first-order valence-corrected chi connectivity index (χ1v) is 8.52. The van der Waals surface area contributed by atoms with Gasteiger partial charge in [-0.15, -0.1) is 11.3 Å². The molecule has 0 aliphatic carbocycles. The van der Waals surface area contributed by atoms with Gasteiger partial charge in [0.05, 0.1) is 6.54 Å². The highest BCUT2D eigenvalue weighted by Crippen LogP contribution is 2.34. The van der Waals surface area contributed by atoms with Crippen LogP contribution in [0.2, 0.25) is 0 Å². The van der Waals surface area contributed by atoms with Crippen molar-refractivity contribution in [2.24, 2.45) is 5.41 Å². The molecule has 5 heteroatoms. The number of carbonyl (C=O) groups is 1. The van der Waals surface area contributed by atoms with E-state index >= 15 is 0 Å². The Morgan fingerprint density at radius 1 is 1.22 bits per heavy atom. The number of thiophene rings is 1. The minimum atomic E-state index is -0.272. The summed E-state index contributed by atoms with van der Waals surface area (Å²) in [4.78, 5) is 13.3. The molecule has 3 nitrogen and oxygen atoms in total. The lowest BCUT2D eigenvalue weighted by atomic mass is 9.86. The number of halogens is 1. The summed E-state index contributed by atoms with van der Waals surface area (Å²) in [5.41, 5.74) is 0.896. The van der Waals surface area contributed by atoms with Gasteiger partial charge in [0.15, 0.2) is 0 Å². The number of hydrogen-bond donors (Lipinski definition) is 2. The standard InChI is InChI=1S/C18H23FN2OS/c1-18(2,3)17(15-5-4-10-23-15)21-12-16(22)20-11-13-6-8-14(19)9-7-13/h4-10,17,21H,11-12H2,1-3H3,(H,20,22). The van der Waals surface area contributed by atoms with Gasteiger partial charge in [0, 0.05) is 17.5 Å². The molecule has 0 aliphatic rings. The van der Waals surface area contributed by atoms with E-state index in [9.17, 15) is 9.18 Å². The molecule has 23 heavy (non-hydrogen) atoms. The minimum Gasteiger partial charge on any atom is -0.351 e. The lowest BCUT2D eigenvalue weighted by Gasteiger charge is -2.30. The van der Waals surface area contributed by atoms with Crippen LogP contribution in [0.5, 0.6) is 0 Å². The van der Waals surface area contributed by atoms with Crippen LogP contribution in [0.1, 0.15) is 37.3 Å². The van der Waals surface area contributed by atoms with Crippen LogP contribution in [0.15, 0.2) is 41.8 Å². The van der Waals surface area contributed by atoms with Gasteiger partial charge in [-0.25, -0.2) is 4.39 Å². The quantitative estimate of drug-likeness (QED) is 0.842. The zero-order valence-corrected chi connectivity index (χ0v) is 14.5. The maximum Gasteiger partial charge on any atom is 0.234 e. The molecule has 124 valence electrons. The summed E-state index contributed by atoms with van der Waals surface area (Å²) in [6, 6.07) is 10.4. The molecule has 0 saturated heterocycles. The van der Waals surface area contributed by atoms with Crippen LogP contribution in [0.25, 0.3) is 0 Å². The molecule has 1 aromatic carbocycles. The highest BCUT2D eigenvalue weighted by atomic mass is 32.1. The van der Waals surface area contributed by atoms with E-state index in [2.05, 4.69) is 37.5 Å². The van der Waals surface area contributed by atoms with Crippen LogP contribution in [-0.2, 0) is 11.3 Å². The van der Waals surface area contributed by atoms with E-state index in [0.717, 1.165) is 5.56 Å². The summed E-state index contributed by atoms with van der Waals surface area (Å²) in [5.74, 6) is -0.342. The van der Waals surface area contributed by atoms with Crippen LogP contribution in [0.3, 0.4) is 0 Å². The number of rotatable bonds is 6. The van der Waals surface area contributed by atoms with Gasteiger partial charge in [-0.05, 0) is 34.6 Å². The van der Waals surface area contributed by atoms with Gasteiger partial charge >= 0.3 is 0 Å². The van der Waals surface area contributed by atoms with E-state index in [1.807, 2.05) is 11.4 Å². The summed E-state index contributed by atoms with van der Waals surface area (Å²) in [5, 5.41) is 8.24. The SMILES string of the molecule is CC(C)(C)C(NCC(=O)NCc1ccc(F)cc1)c1cccs1. The smallest absolute Gasteiger partial charge is 0.234 e. The van der Waals surface area contributed by atoms with Crippen molar-refractivity contribution < 1.29 is 9.18 Å². The number of amides is 1. The average molecular weight is 334 g/mol. The lowest BCUT2D eigenvalue weighted by molar-refractivity contribution is -0.120. The molecule has 2 rings (SSSR count). The fraction of sp³-hybridized carbons (Fsp3) is 0.389. The van der Waals surface area contributed by atoms with Crippen molar-refractivity contribution in [1.82, 2.24) is 10.6 Å². The molecule has 0 aliphatic heterocycles. The molecule has 0 fully saturated rings. The van der Waals surface area contributed by atoms with Crippen LogP contribution in [-0.4, -0.2) is 12.5 Å². The van der Waals surface area contributed by atoms with Crippen molar-refractivity contribution in [3.63, 3.8) is 0 Å². The summed E-state index contributed by atoms with van der Waals surface area (Å²) >= 11 is 1.69. The van der Waals surface area contributed by atoms with Gasteiger partial charge in [0.1, 0.15) is 5.82 Å². The molecule has 2 aromatic rings. The number of benzene rings is 1. The molecule has 0 spiro atoms. The predicted molar refractivity (Wildman–Crippen MR) is 92.8 cm³/mol. The van der Waals surface area contributed by atoms with E-state index in [4.69, 9.17) is 0 Å². The topological polar surface area (TPSA) is 41.1 Å². The minimum absolute atomic E-state index is 0.0160. The van der Waals surface area contributed by atoms with E-state index in [0.29, 0.717) is 6.54 Å². The molecule has 1 aromatic heterocycles. The largest absolute Gasteiger partial charge is 0.351 e. The number of carbonyl (C=O) groups excluding carboxylic acids is 1. The van der Waals surface area contributed by atoms with Gasteiger partial charge < -0.3 is 10.6 Å². The zero-order valence-electron chi connectivity index (χ0n) is 13.7. The molecule has 1 atom stereocenters. The van der Waals surface area contributed by atoms with Gasteiger partial charge in [0.25, 0.3) is 0 Å². The van der Waals surface area contributed by atoms with E-state index in [1.165, 1.54) is 17.0 Å². The Morgan fingerprint density at radius 2 is 1.91 bits per heavy atom. The van der Waals surface area contributed by atoms with Crippen molar-refractivity contribution in [2.75, 3.05) is 6.54 Å². The molecule has 2 N–H and O–H groups in total. The predicted octanol–water partition coefficient (Wildman–Crippen LogP) is 3.88. The van der Waals surface area contributed by atoms with E-state index in [-0.39, 0.29) is 29.7 Å². The monoisotopic (exact) mass is 334 g/mol. The fourth-order valence-electron chi connectivity index (χ4n) is 2.35. The Balaban J connectivity index is 1.85. The molecular formula is C18H23FN2OS. The third-order valence-electron chi connectivity index (χ3n) is 3.56. The highest BCUT2D eigenvalue weighted by molar-refractivity contribution is 7.10. The Labute approximate surface area is 140 Å². The Hall–Kier alpha value is -1.72. The second kappa shape index (κ2) is 7.70. The third kappa shape index (κ3) is 5.44. The van der Waals surface area contributed by atoms with Crippen LogP contribution in [0, 0.1) is 11.2 Å². The second-order valence-corrected chi connectivity index (χ2v) is 7.58. The molecular weight excluding hydrogens is 311 g/mol. The van der Waals surface area contributed by atoms with Crippen molar-refractivity contribution in [1.29, 1.82) is 0 Å². The van der Waals surface area contributed by atoms with Crippen molar-refractivity contribution in [3.8, 4) is 0 Å². The van der Waals surface area contributed by atoms with E-state index in [1.54, 1.807) is 23.5 Å². The first-order valence-electron chi connectivity index (χ1n) is 7.64. The van der Waals surface area contributed by atoms with Crippen molar-refractivity contribution in [3.05, 3.63) is 58.0 Å². The maximum absolute atomic E-state index is 12.8. The first-order chi connectivity index (χ1) is 10.9. The van der Waals surface area contributed by atoms with Crippen LogP contribution >= 0.6 is 11.3 Å². The summed E-state index contributed by atoms with van der Waals surface area (Å²) in [6.45, 7) is 7.11. The molecule has 0 bridgehead atoms. The second-order valence-electron chi connectivity index (χ2n) is 6.60. The van der Waals surface area contributed by atoms with Gasteiger partial charge in [0.2, 0.25) is 5.91 Å². The summed E-state index contributed by atoms with van der Waals surface area (Å²) < 4.78 is 12.8. The Bertz CT molecular complexity index is 617. The van der Waals surface area contributed by atoms with Crippen molar-refractivity contribution >= 4 is 17.2 Å². The fourth-order valence-corrected chi connectivity index (χ4v) is 3.39. The lowest BCUT2D eigenvalue weighted by Crippen LogP contribution is -2.39. The normalized spacial score (nSPS) is 12.9. The summed E-state index contributed by atoms with van der Waals surface area (Å²) in [7, 11) is 0. The Kier molecular flexibility index (Phi) is 5.91. The maximum atomic E-state index is 12.8. The highest BCUT2D eigenvalue weighted by Gasteiger charge is 2.27. The van der Waals surface area contributed by atoms with Crippen LogP contribution < -0.4 is 10.6 Å². The summed E-state index contributed by atoms with van der Waals surface area (Å²) in [6.07, 6.45) is 0. The number of hydrogen-bond acceptors (Lipinski definition) is 3. The van der Waals surface area contributed by atoms with Gasteiger partial charge in [-0.2, -0.15) is 0 Å². The van der Waals surface area contributed by atoms with E-state index < -0.39 is 0 Å². The van der Waals surface area contributed by atoms with Crippen molar-refractivity contribution in [2.45, 2.75) is 33.4 Å². The molecule has 1 amide bonds. The third-order valence-corrected chi connectivity index (χ3v) is 4.50. The van der Waals surface area contributed by atoms with Gasteiger partial charge in [-0.3, -0.25) is 4.79 Å². The first kappa shape index (κ1) is 17.6. The molecule has 0 radical (unpaired) electrons. The van der Waals surface area contributed by atoms with Gasteiger partial charge in [-0.1, -0.05) is 39.0 Å². The molecule has 0 saturated carbocycles. The zero-order chi connectivity index (χ0) is 16.9. The van der Waals surface area contributed by atoms with Crippen LogP contribution in [0.4, 0.5) is 4.39 Å². The number of nitrogens with one attached hydrogen (secondary N) is 2. The molecule has 1 heterocycles. The molecule has 1 unspecified atom stereocenters. The Morgan fingerprint density at radius 3 is 2.48 bits per heavy atom.